The van der Waals surface area contributed by atoms with Crippen LogP contribution in [0.3, 0.4) is 0 Å². The lowest BCUT2D eigenvalue weighted by atomic mass is 10.2. The molecule has 0 aliphatic rings. The van der Waals surface area contributed by atoms with E-state index in [4.69, 9.17) is 0 Å². The first kappa shape index (κ1) is 12.7. The van der Waals surface area contributed by atoms with Crippen LogP contribution in [0, 0.1) is 6.92 Å². The Hall–Kier alpha value is -0.770. The molecular formula is C14H17NS2. The third-order valence-corrected chi connectivity index (χ3v) is 4.51. The fourth-order valence-electron chi connectivity index (χ4n) is 1.65. The second-order valence-electron chi connectivity index (χ2n) is 3.98. The van der Waals surface area contributed by atoms with Crippen LogP contribution in [0.4, 0.5) is 0 Å². The molecule has 0 saturated heterocycles. The maximum absolute atomic E-state index is 3.49. The van der Waals surface area contributed by atoms with Crippen molar-refractivity contribution in [2.45, 2.75) is 24.9 Å². The average molecular weight is 263 g/mol. The van der Waals surface area contributed by atoms with Gasteiger partial charge >= 0.3 is 0 Å². The molecule has 90 valence electrons. The zero-order chi connectivity index (χ0) is 12.1. The van der Waals surface area contributed by atoms with Crippen molar-refractivity contribution in [2.24, 2.45) is 0 Å². The zero-order valence-electron chi connectivity index (χ0n) is 10.2. The minimum atomic E-state index is 0.937. The van der Waals surface area contributed by atoms with Crippen LogP contribution in [0.25, 0.3) is 0 Å². The van der Waals surface area contributed by atoms with Crippen LogP contribution in [0.2, 0.25) is 0 Å². The van der Waals surface area contributed by atoms with Gasteiger partial charge in [0, 0.05) is 22.9 Å². The summed E-state index contributed by atoms with van der Waals surface area (Å²) in [6.45, 7) is 4.07. The van der Waals surface area contributed by atoms with Crippen molar-refractivity contribution in [1.82, 2.24) is 5.32 Å². The van der Waals surface area contributed by atoms with Gasteiger partial charge in [0.05, 0.1) is 0 Å². The van der Waals surface area contributed by atoms with Crippen molar-refractivity contribution in [3.8, 4) is 0 Å². The highest BCUT2D eigenvalue weighted by Gasteiger charge is 1.99. The Bertz CT molecular complexity index is 459. The van der Waals surface area contributed by atoms with Crippen molar-refractivity contribution in [3.63, 3.8) is 0 Å². The molecule has 0 amide bonds. The largest absolute Gasteiger partial charge is 0.308 e. The van der Waals surface area contributed by atoms with Crippen molar-refractivity contribution in [1.29, 1.82) is 0 Å². The number of aryl methyl sites for hydroxylation is 1. The number of rotatable bonds is 5. The predicted molar refractivity (Wildman–Crippen MR) is 77.8 cm³/mol. The smallest absolute Gasteiger partial charge is 0.0305 e. The Morgan fingerprint density at radius 2 is 1.88 bits per heavy atom. The van der Waals surface area contributed by atoms with E-state index in [0.29, 0.717) is 0 Å². The van der Waals surface area contributed by atoms with Crippen molar-refractivity contribution in [3.05, 3.63) is 51.7 Å². The summed E-state index contributed by atoms with van der Waals surface area (Å²) in [6, 6.07) is 10.9. The summed E-state index contributed by atoms with van der Waals surface area (Å²) >= 11 is 3.61. The summed E-state index contributed by atoms with van der Waals surface area (Å²) in [4.78, 5) is 2.76. The highest BCUT2D eigenvalue weighted by molar-refractivity contribution is 7.98. The molecule has 0 aliphatic heterocycles. The van der Waals surface area contributed by atoms with Gasteiger partial charge in [-0.2, -0.15) is 0 Å². The lowest BCUT2D eigenvalue weighted by molar-refractivity contribution is 0.698. The fourth-order valence-corrected chi connectivity index (χ4v) is 2.93. The monoisotopic (exact) mass is 263 g/mol. The first-order valence-corrected chi connectivity index (χ1v) is 7.76. The average Bonchev–Trinajstić information content (AvgIpc) is 2.76. The lowest BCUT2D eigenvalue weighted by Crippen LogP contribution is -2.12. The van der Waals surface area contributed by atoms with E-state index in [9.17, 15) is 0 Å². The Morgan fingerprint density at radius 3 is 2.47 bits per heavy atom. The second kappa shape index (κ2) is 6.24. The van der Waals surface area contributed by atoms with Crippen molar-refractivity contribution < 1.29 is 0 Å². The lowest BCUT2D eigenvalue weighted by Gasteiger charge is -2.05. The standard InChI is InChI=1S/C14H17NS2/c1-11-7-8-17-14(11)10-15-9-12-3-5-13(16-2)6-4-12/h3-8,15H,9-10H2,1-2H3. The topological polar surface area (TPSA) is 12.0 Å². The Labute approximate surface area is 111 Å². The molecule has 1 N–H and O–H groups in total. The van der Waals surface area contributed by atoms with Crippen molar-refractivity contribution in [2.75, 3.05) is 6.26 Å². The number of thioether (sulfide) groups is 1. The normalized spacial score (nSPS) is 10.7. The Kier molecular flexibility index (Phi) is 4.66. The molecule has 1 aromatic carbocycles. The van der Waals surface area contributed by atoms with Gasteiger partial charge in [-0.3, -0.25) is 0 Å². The van der Waals surface area contributed by atoms with Crippen LogP contribution in [-0.4, -0.2) is 6.26 Å². The Morgan fingerprint density at radius 1 is 1.12 bits per heavy atom. The molecule has 0 radical (unpaired) electrons. The minimum Gasteiger partial charge on any atom is -0.308 e. The number of benzene rings is 1. The number of hydrogen-bond acceptors (Lipinski definition) is 3. The van der Waals surface area contributed by atoms with Crippen molar-refractivity contribution >= 4 is 23.1 Å². The molecule has 2 rings (SSSR count). The summed E-state index contributed by atoms with van der Waals surface area (Å²) in [5, 5.41) is 5.64. The van der Waals surface area contributed by atoms with Gasteiger partial charge in [0.2, 0.25) is 0 Å². The highest BCUT2D eigenvalue weighted by Crippen LogP contribution is 2.16. The maximum Gasteiger partial charge on any atom is 0.0305 e. The summed E-state index contributed by atoms with van der Waals surface area (Å²) in [7, 11) is 0. The minimum absolute atomic E-state index is 0.937. The van der Waals surface area contributed by atoms with Crippen LogP contribution in [0.1, 0.15) is 16.0 Å². The van der Waals surface area contributed by atoms with E-state index in [2.05, 4.69) is 54.2 Å². The van der Waals surface area contributed by atoms with Gasteiger partial charge < -0.3 is 5.32 Å². The third kappa shape index (κ3) is 3.60. The molecule has 0 bridgehead atoms. The molecule has 0 saturated carbocycles. The van der Waals surface area contributed by atoms with Crippen LogP contribution in [-0.2, 0) is 13.1 Å². The van der Waals surface area contributed by atoms with Gasteiger partial charge in [-0.25, -0.2) is 0 Å². The molecule has 0 aliphatic carbocycles. The number of thiophene rings is 1. The first-order valence-electron chi connectivity index (χ1n) is 5.66. The zero-order valence-corrected chi connectivity index (χ0v) is 11.8. The van der Waals surface area contributed by atoms with Gasteiger partial charge in [0.15, 0.2) is 0 Å². The molecule has 1 nitrogen and oxygen atoms in total. The molecule has 0 fully saturated rings. The van der Waals surface area contributed by atoms with Gasteiger partial charge in [0.25, 0.3) is 0 Å². The summed E-state index contributed by atoms with van der Waals surface area (Å²) in [6.07, 6.45) is 2.10. The van der Waals surface area contributed by atoms with E-state index < -0.39 is 0 Å². The van der Waals surface area contributed by atoms with E-state index in [1.165, 1.54) is 20.9 Å². The number of hydrogen-bond donors (Lipinski definition) is 1. The second-order valence-corrected chi connectivity index (χ2v) is 5.86. The van der Waals surface area contributed by atoms with Crippen LogP contribution < -0.4 is 5.32 Å². The molecule has 2 aromatic rings. The maximum atomic E-state index is 3.49. The van der Waals surface area contributed by atoms with E-state index in [-0.39, 0.29) is 0 Å². The molecule has 0 atom stereocenters. The summed E-state index contributed by atoms with van der Waals surface area (Å²) in [5.41, 5.74) is 2.73. The molecule has 0 unspecified atom stereocenters. The Balaban J connectivity index is 1.83. The fraction of sp³-hybridized carbons (Fsp3) is 0.286. The highest BCUT2D eigenvalue weighted by atomic mass is 32.2. The van der Waals surface area contributed by atoms with E-state index in [1.54, 1.807) is 11.8 Å². The van der Waals surface area contributed by atoms with Gasteiger partial charge in [-0.1, -0.05) is 12.1 Å². The van der Waals surface area contributed by atoms with Crippen LogP contribution >= 0.6 is 23.1 Å². The quantitative estimate of drug-likeness (QED) is 0.816. The molecule has 1 aromatic heterocycles. The van der Waals surface area contributed by atoms with E-state index >= 15 is 0 Å². The van der Waals surface area contributed by atoms with E-state index in [0.717, 1.165) is 13.1 Å². The van der Waals surface area contributed by atoms with Crippen LogP contribution in [0.5, 0.6) is 0 Å². The molecule has 1 heterocycles. The first-order chi connectivity index (χ1) is 8.29. The summed E-state index contributed by atoms with van der Waals surface area (Å²) < 4.78 is 0. The SMILES string of the molecule is CSc1ccc(CNCc2sccc2C)cc1. The van der Waals surface area contributed by atoms with Gasteiger partial charge in [-0.05, 0) is 47.9 Å². The molecule has 3 heteroatoms. The summed E-state index contributed by atoms with van der Waals surface area (Å²) in [5.74, 6) is 0. The van der Waals surface area contributed by atoms with Gasteiger partial charge in [-0.15, -0.1) is 23.1 Å². The third-order valence-electron chi connectivity index (χ3n) is 2.74. The number of nitrogens with one attached hydrogen (secondary N) is 1. The molecular weight excluding hydrogens is 246 g/mol. The molecule has 0 spiro atoms. The van der Waals surface area contributed by atoms with Gasteiger partial charge in [0.1, 0.15) is 0 Å². The van der Waals surface area contributed by atoms with E-state index in [1.807, 2.05) is 11.3 Å². The predicted octanol–water partition coefficient (Wildman–Crippen LogP) is 4.07. The molecule has 17 heavy (non-hydrogen) atoms. The van der Waals surface area contributed by atoms with Crippen LogP contribution in [0.15, 0.2) is 40.6 Å².